The molecular formula is C15H31NO4. The molecule has 3 unspecified atom stereocenters. The number of methoxy groups -OCH3 is 1. The SMILES string of the molecule is COC(=O)C(NCC(O)COC(C)CC(C)C)C(C)C. The molecule has 0 spiro atoms. The van der Waals surface area contributed by atoms with Crippen LogP contribution in [0, 0.1) is 11.8 Å². The minimum Gasteiger partial charge on any atom is -0.468 e. The van der Waals surface area contributed by atoms with Crippen molar-refractivity contribution in [3.8, 4) is 0 Å². The first-order valence-corrected chi connectivity index (χ1v) is 7.38. The third kappa shape index (κ3) is 8.51. The molecule has 0 aromatic heterocycles. The van der Waals surface area contributed by atoms with Crippen molar-refractivity contribution in [1.29, 1.82) is 0 Å². The van der Waals surface area contributed by atoms with Gasteiger partial charge in [0, 0.05) is 6.54 Å². The average molecular weight is 289 g/mol. The van der Waals surface area contributed by atoms with Crippen LogP contribution in [0.2, 0.25) is 0 Å². The summed E-state index contributed by atoms with van der Waals surface area (Å²) in [5.74, 6) is 0.377. The van der Waals surface area contributed by atoms with E-state index in [1.807, 2.05) is 20.8 Å². The quantitative estimate of drug-likeness (QED) is 0.598. The number of aliphatic hydroxyl groups excluding tert-OH is 1. The molecular weight excluding hydrogens is 258 g/mol. The van der Waals surface area contributed by atoms with E-state index < -0.39 is 12.1 Å². The maximum atomic E-state index is 11.6. The monoisotopic (exact) mass is 289 g/mol. The Bertz CT molecular complexity index is 269. The van der Waals surface area contributed by atoms with Crippen molar-refractivity contribution < 1.29 is 19.4 Å². The molecule has 0 aliphatic heterocycles. The van der Waals surface area contributed by atoms with Crippen LogP contribution < -0.4 is 5.32 Å². The van der Waals surface area contributed by atoms with Gasteiger partial charge in [0.05, 0.1) is 25.9 Å². The molecule has 0 bridgehead atoms. The van der Waals surface area contributed by atoms with Gasteiger partial charge in [-0.05, 0) is 25.2 Å². The Morgan fingerprint density at radius 3 is 2.25 bits per heavy atom. The second-order valence-electron chi connectivity index (χ2n) is 6.08. The summed E-state index contributed by atoms with van der Waals surface area (Å²) < 4.78 is 10.3. The van der Waals surface area contributed by atoms with Gasteiger partial charge in [-0.1, -0.05) is 27.7 Å². The van der Waals surface area contributed by atoms with Gasteiger partial charge >= 0.3 is 5.97 Å². The highest BCUT2D eigenvalue weighted by Crippen LogP contribution is 2.08. The highest BCUT2D eigenvalue weighted by molar-refractivity contribution is 5.75. The summed E-state index contributed by atoms with van der Waals surface area (Å²) in [4.78, 5) is 11.6. The first kappa shape index (κ1) is 19.4. The molecule has 0 heterocycles. The largest absolute Gasteiger partial charge is 0.468 e. The van der Waals surface area contributed by atoms with Crippen molar-refractivity contribution in [1.82, 2.24) is 5.32 Å². The first-order valence-electron chi connectivity index (χ1n) is 7.38. The smallest absolute Gasteiger partial charge is 0.323 e. The van der Waals surface area contributed by atoms with Gasteiger partial charge in [-0.3, -0.25) is 4.79 Å². The summed E-state index contributed by atoms with van der Waals surface area (Å²) in [6.07, 6.45) is 0.471. The standard InChI is InChI=1S/C15H31NO4/c1-10(2)7-12(5)20-9-13(17)8-16-14(11(3)4)15(18)19-6/h10-14,16-17H,7-9H2,1-6H3. The number of carbonyl (C=O) groups is 1. The molecule has 0 aliphatic carbocycles. The lowest BCUT2D eigenvalue weighted by molar-refractivity contribution is -0.144. The number of aliphatic hydroxyl groups is 1. The Hall–Kier alpha value is -0.650. The Labute approximate surface area is 123 Å². The van der Waals surface area contributed by atoms with Gasteiger partial charge in [0.1, 0.15) is 6.04 Å². The lowest BCUT2D eigenvalue weighted by Crippen LogP contribution is -2.45. The van der Waals surface area contributed by atoms with Crippen LogP contribution in [0.3, 0.4) is 0 Å². The summed E-state index contributed by atoms with van der Waals surface area (Å²) in [6.45, 7) is 10.7. The number of nitrogens with one attached hydrogen (secondary N) is 1. The maximum absolute atomic E-state index is 11.6. The third-order valence-corrected chi connectivity index (χ3v) is 3.07. The lowest BCUT2D eigenvalue weighted by atomic mass is 10.0. The fourth-order valence-electron chi connectivity index (χ4n) is 2.05. The Morgan fingerprint density at radius 2 is 1.80 bits per heavy atom. The molecule has 0 aromatic rings. The summed E-state index contributed by atoms with van der Waals surface area (Å²) in [5.41, 5.74) is 0. The number of carbonyl (C=O) groups excluding carboxylic acids is 1. The first-order chi connectivity index (χ1) is 9.27. The summed E-state index contributed by atoms with van der Waals surface area (Å²) >= 11 is 0. The Balaban J connectivity index is 4.01. The minimum absolute atomic E-state index is 0.107. The van der Waals surface area contributed by atoms with Crippen LogP contribution in [0.4, 0.5) is 0 Å². The van der Waals surface area contributed by atoms with Gasteiger partial charge in [-0.25, -0.2) is 0 Å². The third-order valence-electron chi connectivity index (χ3n) is 3.07. The molecule has 0 amide bonds. The molecule has 0 rings (SSSR count). The summed E-state index contributed by atoms with van der Waals surface area (Å²) in [7, 11) is 1.37. The van der Waals surface area contributed by atoms with Gasteiger partial charge in [-0.15, -0.1) is 0 Å². The molecule has 3 atom stereocenters. The zero-order valence-electron chi connectivity index (χ0n) is 13.7. The molecule has 0 saturated heterocycles. The van der Waals surface area contributed by atoms with E-state index >= 15 is 0 Å². The number of hydrogen-bond donors (Lipinski definition) is 2. The normalized spacial score (nSPS) is 16.2. The van der Waals surface area contributed by atoms with Crippen molar-refractivity contribution in [2.24, 2.45) is 11.8 Å². The van der Waals surface area contributed by atoms with E-state index in [-0.39, 0.29) is 24.6 Å². The zero-order valence-corrected chi connectivity index (χ0v) is 13.7. The van der Waals surface area contributed by atoms with Crippen LogP contribution >= 0.6 is 0 Å². The van der Waals surface area contributed by atoms with Crippen LogP contribution in [0.5, 0.6) is 0 Å². The molecule has 0 radical (unpaired) electrons. The predicted octanol–water partition coefficient (Wildman–Crippen LogP) is 1.59. The fourth-order valence-corrected chi connectivity index (χ4v) is 2.05. The highest BCUT2D eigenvalue weighted by atomic mass is 16.5. The summed E-state index contributed by atoms with van der Waals surface area (Å²) in [5, 5.41) is 12.9. The fraction of sp³-hybridized carbons (Fsp3) is 0.933. The highest BCUT2D eigenvalue weighted by Gasteiger charge is 2.23. The second kappa shape index (κ2) is 10.1. The zero-order chi connectivity index (χ0) is 15.7. The van der Waals surface area contributed by atoms with Crippen LogP contribution in [0.25, 0.3) is 0 Å². The predicted molar refractivity (Wildman–Crippen MR) is 79.5 cm³/mol. The van der Waals surface area contributed by atoms with Crippen LogP contribution in [0.15, 0.2) is 0 Å². The van der Waals surface area contributed by atoms with E-state index in [2.05, 4.69) is 19.2 Å². The van der Waals surface area contributed by atoms with Crippen molar-refractivity contribution in [3.05, 3.63) is 0 Å². The maximum Gasteiger partial charge on any atom is 0.323 e. The van der Waals surface area contributed by atoms with Crippen molar-refractivity contribution in [2.75, 3.05) is 20.3 Å². The van der Waals surface area contributed by atoms with Gasteiger partial charge in [0.15, 0.2) is 0 Å². The van der Waals surface area contributed by atoms with Gasteiger partial charge in [0.25, 0.3) is 0 Å². The number of hydrogen-bond acceptors (Lipinski definition) is 5. The van der Waals surface area contributed by atoms with Crippen molar-refractivity contribution in [3.63, 3.8) is 0 Å². The van der Waals surface area contributed by atoms with E-state index in [0.717, 1.165) is 6.42 Å². The molecule has 2 N–H and O–H groups in total. The van der Waals surface area contributed by atoms with Crippen LogP contribution in [0.1, 0.15) is 41.0 Å². The van der Waals surface area contributed by atoms with E-state index in [0.29, 0.717) is 12.5 Å². The van der Waals surface area contributed by atoms with E-state index in [1.54, 1.807) is 0 Å². The van der Waals surface area contributed by atoms with Gasteiger partial charge in [-0.2, -0.15) is 0 Å². The molecule has 0 aliphatic rings. The number of esters is 1. The number of rotatable bonds is 10. The van der Waals surface area contributed by atoms with Gasteiger partial charge < -0.3 is 19.9 Å². The minimum atomic E-state index is -0.629. The average Bonchev–Trinajstić information content (AvgIpc) is 2.34. The van der Waals surface area contributed by atoms with Crippen LogP contribution in [-0.2, 0) is 14.3 Å². The molecule has 0 fully saturated rings. The Kier molecular flexibility index (Phi) is 9.80. The summed E-state index contributed by atoms with van der Waals surface area (Å²) in [6, 6.07) is -0.400. The topological polar surface area (TPSA) is 67.8 Å². The molecule has 5 nitrogen and oxygen atoms in total. The molecule has 20 heavy (non-hydrogen) atoms. The van der Waals surface area contributed by atoms with Crippen LogP contribution in [-0.4, -0.2) is 49.6 Å². The molecule has 120 valence electrons. The van der Waals surface area contributed by atoms with Crippen molar-refractivity contribution in [2.45, 2.75) is 59.3 Å². The lowest BCUT2D eigenvalue weighted by Gasteiger charge is -2.22. The Morgan fingerprint density at radius 1 is 1.20 bits per heavy atom. The van der Waals surface area contributed by atoms with Gasteiger partial charge in [0.2, 0.25) is 0 Å². The molecule has 5 heteroatoms. The number of ether oxygens (including phenoxy) is 2. The molecule has 0 saturated carbocycles. The van der Waals surface area contributed by atoms with E-state index in [4.69, 9.17) is 9.47 Å². The molecule has 0 aromatic carbocycles. The second-order valence-corrected chi connectivity index (χ2v) is 6.08. The van der Waals surface area contributed by atoms with E-state index in [9.17, 15) is 9.90 Å². The van der Waals surface area contributed by atoms with E-state index in [1.165, 1.54) is 7.11 Å². The van der Waals surface area contributed by atoms with Crippen molar-refractivity contribution >= 4 is 5.97 Å².